The lowest BCUT2D eigenvalue weighted by Crippen LogP contribution is -2.36. The van der Waals surface area contributed by atoms with E-state index in [0.29, 0.717) is 0 Å². The minimum atomic E-state index is -0.593. The largest absolute Gasteiger partial charge is 0.455 e. The molecule has 14 rings (SSSR count). The summed E-state index contributed by atoms with van der Waals surface area (Å²) in [5.74, 6) is 1.60. The molecular weight excluding hydrogens is 769 g/mol. The van der Waals surface area contributed by atoms with Crippen LogP contribution in [0.2, 0.25) is 0 Å². The molecule has 3 heterocycles. The molecule has 11 aromatic rings. The topological polar surface area (TPSA) is 54.8 Å². The van der Waals surface area contributed by atoms with Crippen molar-refractivity contribution in [2.75, 3.05) is 0 Å². The third-order valence-electron chi connectivity index (χ3n) is 13.7. The van der Waals surface area contributed by atoms with Gasteiger partial charge in [-0.1, -0.05) is 170 Å². The standard InChI is InChI=1S/C58H36N4O/c1-4-16-35(17-5-1)55-59-56(36-18-6-2-7-19-36)61-57(60-55)37-28-29-40-39-22-10-13-25-45(39)58(48(40)34-37)46-26-14-11-23-43(46)51-47(58)32-30-41-42-31-33-50-52(54(42)63-53(41)51)44-24-12-15-27-49(44)62(50)38-20-8-3-9-21-38/h1-34,55H,(H,59,60,61). The summed E-state index contributed by atoms with van der Waals surface area (Å²) in [5.41, 5.74) is 17.6. The molecule has 2 atom stereocenters. The molecule has 2 unspecified atom stereocenters. The summed E-state index contributed by atoms with van der Waals surface area (Å²) in [6.45, 7) is 0. The zero-order valence-corrected chi connectivity index (χ0v) is 34.0. The number of nitrogens with zero attached hydrogens (tertiary/aromatic N) is 3. The molecule has 5 heteroatoms. The van der Waals surface area contributed by atoms with E-state index in [1.54, 1.807) is 0 Å². The first-order chi connectivity index (χ1) is 31.3. The third-order valence-corrected chi connectivity index (χ3v) is 13.7. The lowest BCUT2D eigenvalue weighted by molar-refractivity contribution is 0.673. The second-order valence-corrected chi connectivity index (χ2v) is 16.8. The number of hydrogen-bond acceptors (Lipinski definition) is 4. The van der Waals surface area contributed by atoms with E-state index in [1.165, 1.54) is 44.3 Å². The van der Waals surface area contributed by atoms with E-state index >= 15 is 0 Å². The Kier molecular flexibility index (Phi) is 7.03. The van der Waals surface area contributed by atoms with Crippen molar-refractivity contribution >= 4 is 55.4 Å². The maximum Gasteiger partial charge on any atom is 0.169 e. The number of benzene rings is 9. The minimum absolute atomic E-state index is 0.389. The first kappa shape index (κ1) is 34.4. The van der Waals surface area contributed by atoms with Crippen LogP contribution in [0.1, 0.15) is 45.1 Å². The highest BCUT2D eigenvalue weighted by molar-refractivity contribution is 6.25. The van der Waals surface area contributed by atoms with Crippen LogP contribution in [0.4, 0.5) is 0 Å². The molecule has 1 aliphatic heterocycles. The molecule has 63 heavy (non-hydrogen) atoms. The Morgan fingerprint density at radius 1 is 0.444 bits per heavy atom. The Balaban J connectivity index is 1.02. The number of amidine groups is 2. The first-order valence-corrected chi connectivity index (χ1v) is 21.6. The molecule has 0 amide bonds. The molecule has 0 saturated carbocycles. The molecule has 9 aromatic carbocycles. The summed E-state index contributed by atoms with van der Waals surface area (Å²) in [4.78, 5) is 10.4. The van der Waals surface area contributed by atoms with Crippen molar-refractivity contribution in [3.05, 3.63) is 245 Å². The van der Waals surface area contributed by atoms with Crippen molar-refractivity contribution in [1.82, 2.24) is 9.88 Å². The predicted molar refractivity (Wildman–Crippen MR) is 256 cm³/mol. The van der Waals surface area contributed by atoms with Crippen LogP contribution in [0.25, 0.3) is 71.7 Å². The molecule has 3 aliphatic rings. The van der Waals surface area contributed by atoms with Gasteiger partial charge in [0.25, 0.3) is 0 Å². The average Bonchev–Trinajstić information content (AvgIpc) is 4.08. The van der Waals surface area contributed by atoms with Gasteiger partial charge in [0.05, 0.1) is 21.8 Å². The molecule has 2 aromatic heterocycles. The Morgan fingerprint density at radius 2 is 1.06 bits per heavy atom. The van der Waals surface area contributed by atoms with Gasteiger partial charge in [0.1, 0.15) is 22.8 Å². The van der Waals surface area contributed by atoms with Gasteiger partial charge < -0.3 is 14.3 Å². The van der Waals surface area contributed by atoms with Crippen molar-refractivity contribution in [2.24, 2.45) is 9.98 Å². The number of fused-ring (bicyclic) bond motifs is 18. The number of hydrogen-bond donors (Lipinski definition) is 1. The molecular formula is C58H36N4O. The number of rotatable bonds is 4. The summed E-state index contributed by atoms with van der Waals surface area (Å²) in [7, 11) is 0. The quantitative estimate of drug-likeness (QED) is 0.193. The Labute approximate surface area is 362 Å². The Hall–Kier alpha value is -8.28. The van der Waals surface area contributed by atoms with Crippen LogP contribution in [0, 0.1) is 0 Å². The molecule has 1 N–H and O–H groups in total. The summed E-state index contributed by atoms with van der Waals surface area (Å²) in [6, 6.07) is 74.1. The summed E-state index contributed by atoms with van der Waals surface area (Å²) >= 11 is 0. The van der Waals surface area contributed by atoms with E-state index < -0.39 is 5.41 Å². The number of aromatic nitrogens is 1. The van der Waals surface area contributed by atoms with Crippen LogP contribution in [-0.4, -0.2) is 16.2 Å². The zero-order chi connectivity index (χ0) is 41.2. The van der Waals surface area contributed by atoms with Gasteiger partial charge in [0, 0.05) is 38.5 Å². The van der Waals surface area contributed by atoms with Crippen molar-refractivity contribution in [3.8, 4) is 27.9 Å². The normalized spacial score (nSPS) is 17.1. The minimum Gasteiger partial charge on any atom is -0.455 e. The fourth-order valence-corrected chi connectivity index (χ4v) is 11.1. The summed E-state index contributed by atoms with van der Waals surface area (Å²) in [6.07, 6.45) is -0.389. The van der Waals surface area contributed by atoms with Crippen LogP contribution in [0.3, 0.4) is 0 Å². The van der Waals surface area contributed by atoms with Crippen LogP contribution < -0.4 is 5.32 Å². The van der Waals surface area contributed by atoms with Crippen molar-refractivity contribution in [1.29, 1.82) is 0 Å². The summed E-state index contributed by atoms with van der Waals surface area (Å²) < 4.78 is 9.73. The number of aliphatic imine (C=N–C) groups is 2. The van der Waals surface area contributed by atoms with E-state index in [4.69, 9.17) is 14.4 Å². The number of para-hydroxylation sites is 2. The second kappa shape index (κ2) is 12.9. The lowest BCUT2D eigenvalue weighted by atomic mass is 9.70. The third kappa shape index (κ3) is 4.65. The highest BCUT2D eigenvalue weighted by Gasteiger charge is 2.52. The second-order valence-electron chi connectivity index (χ2n) is 16.8. The first-order valence-electron chi connectivity index (χ1n) is 21.6. The van der Waals surface area contributed by atoms with E-state index in [2.05, 4.69) is 204 Å². The molecule has 0 bridgehead atoms. The van der Waals surface area contributed by atoms with E-state index in [9.17, 15) is 0 Å². The molecule has 0 saturated heterocycles. The number of nitrogens with one attached hydrogen (secondary N) is 1. The van der Waals surface area contributed by atoms with Crippen LogP contribution in [0.15, 0.2) is 221 Å². The Morgan fingerprint density at radius 3 is 1.87 bits per heavy atom. The van der Waals surface area contributed by atoms with Crippen molar-refractivity contribution in [3.63, 3.8) is 0 Å². The van der Waals surface area contributed by atoms with Gasteiger partial charge in [-0.25, -0.2) is 9.98 Å². The highest BCUT2D eigenvalue weighted by atomic mass is 16.3. The SMILES string of the molecule is c1ccc(C2=NC(c3ccccc3)N=C(c3ccc4c(c3)C3(c5ccccc5-4)c4ccccc4-c4c3ccc3c4oc4c3ccc3c4c4ccccc4n3-c3ccccc3)N2)cc1. The smallest absolute Gasteiger partial charge is 0.169 e. The fourth-order valence-electron chi connectivity index (χ4n) is 11.1. The fraction of sp³-hybridized carbons (Fsp3) is 0.0345. The van der Waals surface area contributed by atoms with Crippen molar-refractivity contribution in [2.45, 2.75) is 11.6 Å². The molecule has 2 aliphatic carbocycles. The van der Waals surface area contributed by atoms with Gasteiger partial charge >= 0.3 is 0 Å². The lowest BCUT2D eigenvalue weighted by Gasteiger charge is -2.31. The zero-order valence-electron chi connectivity index (χ0n) is 34.0. The van der Waals surface area contributed by atoms with Gasteiger partial charge in [-0.05, 0) is 80.9 Å². The molecule has 294 valence electrons. The average molecular weight is 805 g/mol. The van der Waals surface area contributed by atoms with Gasteiger partial charge in [-0.15, -0.1) is 0 Å². The van der Waals surface area contributed by atoms with Gasteiger partial charge in [0.2, 0.25) is 0 Å². The van der Waals surface area contributed by atoms with E-state index in [0.717, 1.165) is 78.0 Å². The van der Waals surface area contributed by atoms with Gasteiger partial charge in [-0.2, -0.15) is 0 Å². The molecule has 0 radical (unpaired) electrons. The van der Waals surface area contributed by atoms with Crippen LogP contribution >= 0.6 is 0 Å². The van der Waals surface area contributed by atoms with Gasteiger partial charge in [0.15, 0.2) is 6.17 Å². The Bertz CT molecular complexity index is 3770. The molecule has 0 fully saturated rings. The van der Waals surface area contributed by atoms with Gasteiger partial charge in [-0.3, -0.25) is 0 Å². The maximum absolute atomic E-state index is 7.37. The molecule has 5 nitrogen and oxygen atoms in total. The highest BCUT2D eigenvalue weighted by Crippen LogP contribution is 2.64. The summed E-state index contributed by atoms with van der Waals surface area (Å²) in [5, 5.41) is 8.22. The van der Waals surface area contributed by atoms with E-state index in [1.807, 2.05) is 12.1 Å². The predicted octanol–water partition coefficient (Wildman–Crippen LogP) is 13.5. The van der Waals surface area contributed by atoms with Crippen LogP contribution in [0.5, 0.6) is 0 Å². The number of furan rings is 1. The molecule has 1 spiro atoms. The monoisotopic (exact) mass is 804 g/mol. The van der Waals surface area contributed by atoms with E-state index in [-0.39, 0.29) is 6.17 Å². The van der Waals surface area contributed by atoms with Crippen molar-refractivity contribution < 1.29 is 4.42 Å². The maximum atomic E-state index is 7.37. The van der Waals surface area contributed by atoms with Crippen LogP contribution in [-0.2, 0) is 5.41 Å².